The van der Waals surface area contributed by atoms with Crippen molar-refractivity contribution in [3.05, 3.63) is 137 Å². The second kappa shape index (κ2) is 29.5. The van der Waals surface area contributed by atoms with Gasteiger partial charge in [0.05, 0.1) is 5.41 Å². The summed E-state index contributed by atoms with van der Waals surface area (Å²) in [6, 6.07) is 23.7. The van der Waals surface area contributed by atoms with Crippen LogP contribution in [0.5, 0.6) is 5.75 Å². The summed E-state index contributed by atoms with van der Waals surface area (Å²) in [5.41, 5.74) is 9.93. The molecule has 6 rings (SSSR count). The number of carbonyl (C=O) groups is 5. The number of amides is 3. The number of benzene rings is 3. The quantitative estimate of drug-likeness (QED) is 0.0308. The number of ether oxygens (including phenoxy) is 1. The van der Waals surface area contributed by atoms with Gasteiger partial charge in [-0.15, -0.1) is 12.6 Å². The zero-order chi connectivity index (χ0) is 54.3. The highest BCUT2D eigenvalue weighted by Crippen LogP contribution is 2.41. The van der Waals surface area contributed by atoms with E-state index in [1.165, 1.54) is 57.9 Å². The number of hydrogen-bond donors (Lipinski definition) is 6. The highest BCUT2D eigenvalue weighted by molar-refractivity contribution is 7.59. The molecule has 3 amide bonds. The van der Waals surface area contributed by atoms with E-state index in [1.807, 2.05) is 30.3 Å². The van der Waals surface area contributed by atoms with Crippen LogP contribution < -0.4 is 25.6 Å². The van der Waals surface area contributed by atoms with Crippen molar-refractivity contribution in [3.63, 3.8) is 0 Å². The normalized spacial score (nSPS) is 16.4. The highest BCUT2D eigenvalue weighted by atomic mass is 32.2. The molecule has 402 valence electrons. The molecule has 17 nitrogen and oxygen atoms in total. The van der Waals surface area contributed by atoms with Gasteiger partial charge in [-0.05, 0) is 125 Å². The number of nitrogens with zero attached hydrogens (tertiary/aromatic N) is 2. The molecule has 0 fully saturated rings. The summed E-state index contributed by atoms with van der Waals surface area (Å²) < 4.78 is 34.7. The molecule has 75 heavy (non-hydrogen) atoms. The van der Waals surface area contributed by atoms with E-state index >= 15 is 0 Å². The SMILES string of the molecule is CCCCC[N+]1=C(C=CC2=C(Oc3ccccc3)C(=CC=C3Cc4ccccc4N3CCCCCC(=O)NCCCC[C@H](NC(=O)N[C@@H](CCC(=O)O)C(=O)O)C(=O)O)CCC2)C(C)(C)c2ccccc21.O=S(=O)=O. The summed E-state index contributed by atoms with van der Waals surface area (Å²) >= 11 is 0. The van der Waals surface area contributed by atoms with Crippen LogP contribution in [-0.4, -0.2) is 99.8 Å². The number of urea groups is 1. The van der Waals surface area contributed by atoms with E-state index in [1.54, 1.807) is 0 Å². The molecule has 0 bridgehead atoms. The van der Waals surface area contributed by atoms with Gasteiger partial charge in [0.25, 0.3) is 0 Å². The number of allylic oxidation sites excluding steroid dienone is 7. The maximum Gasteiger partial charge on any atom is 0.425 e. The van der Waals surface area contributed by atoms with Crippen LogP contribution in [0.1, 0.15) is 128 Å². The minimum Gasteiger partial charge on any atom is -0.481 e. The molecule has 2 aliphatic heterocycles. The van der Waals surface area contributed by atoms with Gasteiger partial charge in [-0.2, -0.15) is 4.58 Å². The Morgan fingerprint density at radius 2 is 1.44 bits per heavy atom. The third kappa shape index (κ3) is 17.9. The van der Waals surface area contributed by atoms with E-state index in [2.05, 4.69) is 119 Å². The Balaban J connectivity index is 0.00000251. The highest BCUT2D eigenvalue weighted by Gasteiger charge is 2.44. The number of carboxylic acids is 3. The van der Waals surface area contributed by atoms with Crippen LogP contribution >= 0.6 is 0 Å². The Hall–Kier alpha value is -7.34. The first-order valence-electron chi connectivity index (χ1n) is 25.9. The Bertz CT molecular complexity index is 2760. The van der Waals surface area contributed by atoms with Gasteiger partial charge < -0.3 is 40.9 Å². The molecule has 0 spiro atoms. The van der Waals surface area contributed by atoms with Gasteiger partial charge in [-0.25, -0.2) is 14.4 Å². The molecular weight excluding hydrogens is 979 g/mol. The van der Waals surface area contributed by atoms with Crippen LogP contribution in [0, 0.1) is 0 Å². The first-order chi connectivity index (χ1) is 36.0. The molecular formula is C57H72N5O12S+. The summed E-state index contributed by atoms with van der Waals surface area (Å²) in [6.45, 7) is 9.07. The molecule has 0 unspecified atom stereocenters. The maximum atomic E-state index is 12.7. The number of carboxylic acid groups (broad SMARTS) is 3. The average molecular weight is 1050 g/mol. The lowest BCUT2D eigenvalue weighted by atomic mass is 9.81. The molecule has 2 atom stereocenters. The van der Waals surface area contributed by atoms with E-state index in [0.717, 1.165) is 69.5 Å². The summed E-state index contributed by atoms with van der Waals surface area (Å²) in [5.74, 6) is -2.28. The van der Waals surface area contributed by atoms with Crippen molar-refractivity contribution in [1.82, 2.24) is 16.0 Å². The van der Waals surface area contributed by atoms with Crippen molar-refractivity contribution >= 4 is 57.5 Å². The molecule has 0 saturated heterocycles. The lowest BCUT2D eigenvalue weighted by molar-refractivity contribution is -0.438. The van der Waals surface area contributed by atoms with Crippen molar-refractivity contribution in [3.8, 4) is 5.75 Å². The van der Waals surface area contributed by atoms with Crippen LogP contribution in [0.4, 0.5) is 16.2 Å². The van der Waals surface area contributed by atoms with Crippen LogP contribution in [0.3, 0.4) is 0 Å². The van der Waals surface area contributed by atoms with Gasteiger partial charge in [0.1, 0.15) is 30.1 Å². The first-order valence-corrected chi connectivity index (χ1v) is 26.9. The van der Waals surface area contributed by atoms with Gasteiger partial charge in [-0.1, -0.05) is 80.4 Å². The number of aliphatic carboxylic acids is 3. The fraction of sp³-hybridized carbons (Fsp3) is 0.439. The molecule has 1 aliphatic carbocycles. The largest absolute Gasteiger partial charge is 0.481 e. The number of unbranched alkanes of at least 4 members (excludes halogenated alkanes) is 5. The van der Waals surface area contributed by atoms with Crippen LogP contribution in [0.15, 0.2) is 126 Å². The number of fused-ring (bicyclic) bond motifs is 2. The van der Waals surface area contributed by atoms with Crippen LogP contribution in [0.2, 0.25) is 0 Å². The third-order valence-electron chi connectivity index (χ3n) is 13.5. The first kappa shape index (κ1) is 58.5. The lowest BCUT2D eigenvalue weighted by Crippen LogP contribution is -2.51. The van der Waals surface area contributed by atoms with E-state index in [-0.39, 0.29) is 24.2 Å². The minimum atomic E-state index is -3.11. The lowest BCUT2D eigenvalue weighted by Gasteiger charge is -2.23. The second-order valence-electron chi connectivity index (χ2n) is 19.3. The van der Waals surface area contributed by atoms with Crippen molar-refractivity contribution in [1.29, 1.82) is 0 Å². The summed E-state index contributed by atoms with van der Waals surface area (Å²) in [5, 5.41) is 35.0. The maximum absolute atomic E-state index is 12.7. The van der Waals surface area contributed by atoms with Gasteiger partial charge in [0.2, 0.25) is 11.6 Å². The van der Waals surface area contributed by atoms with Crippen LogP contribution in [0.25, 0.3) is 0 Å². The Morgan fingerprint density at radius 3 is 2.15 bits per heavy atom. The molecule has 0 saturated carbocycles. The summed E-state index contributed by atoms with van der Waals surface area (Å²) in [6.07, 6.45) is 19.3. The zero-order valence-electron chi connectivity index (χ0n) is 43.2. The predicted octanol–water partition coefficient (Wildman–Crippen LogP) is 9.11. The summed E-state index contributed by atoms with van der Waals surface area (Å²) in [7, 11) is -3.11. The number of rotatable bonds is 27. The molecule has 3 aliphatic rings. The number of carbonyl (C=O) groups excluding carboxylic acids is 2. The topological polar surface area (TPSA) is 249 Å². The van der Waals surface area contributed by atoms with Crippen LogP contribution in [-0.2, 0) is 41.6 Å². The van der Waals surface area contributed by atoms with Gasteiger partial charge in [-0.3, -0.25) is 9.59 Å². The van der Waals surface area contributed by atoms with Crippen molar-refractivity contribution < 1.29 is 61.2 Å². The van der Waals surface area contributed by atoms with Crippen molar-refractivity contribution in [2.24, 2.45) is 0 Å². The number of hydrogen-bond acceptors (Lipinski definition) is 10. The Labute approximate surface area is 441 Å². The Morgan fingerprint density at radius 1 is 0.760 bits per heavy atom. The average Bonchev–Trinajstić information content (AvgIpc) is 3.83. The molecule has 0 aromatic heterocycles. The second-order valence-corrected chi connectivity index (χ2v) is 19.8. The van der Waals surface area contributed by atoms with E-state index in [9.17, 15) is 34.2 Å². The summed E-state index contributed by atoms with van der Waals surface area (Å²) in [4.78, 5) is 61.4. The standard InChI is InChI=1S/C57H71N5O9.O3S/c1-4-5-17-38-62-49-28-14-12-25-45(49)57(2,3)50(62)34-31-41-22-19-21-40(53(41)71-44-23-8-6-9-24-44)30-32-43-39-42-20-11-13-27-48(42)61(43)37-18-7-10-29-51(63)58-36-16-15-26-46(54(66)67)59-56(70)60-47(55(68)69)33-35-52(64)65;1-4(2)3/h6,8-9,11-14,20,23-25,27-28,30-32,34,46-47H,4-5,7,10,15-19,21-22,26,29,33,35-39H2,1-3H3,(H5-,58,59,60,63,64,65,66,67,68,69,70);/p+1/t46-,47-;/m0./s1. The smallest absolute Gasteiger partial charge is 0.425 e. The molecule has 3 aromatic rings. The molecule has 2 heterocycles. The van der Waals surface area contributed by atoms with Crippen molar-refractivity contribution in [2.45, 2.75) is 141 Å². The molecule has 6 N–H and O–H groups in total. The van der Waals surface area contributed by atoms with Gasteiger partial charge >= 0.3 is 34.5 Å². The van der Waals surface area contributed by atoms with Gasteiger partial charge in [0.15, 0.2) is 5.71 Å². The number of nitrogens with one attached hydrogen (secondary N) is 3. The molecule has 3 aromatic carbocycles. The fourth-order valence-corrected chi connectivity index (χ4v) is 9.68. The molecule has 0 radical (unpaired) electrons. The fourth-order valence-electron chi connectivity index (χ4n) is 9.68. The van der Waals surface area contributed by atoms with E-state index < -0.39 is 53.1 Å². The monoisotopic (exact) mass is 1050 g/mol. The number of anilines is 1. The molecule has 18 heteroatoms. The number of para-hydroxylation sites is 3. The van der Waals surface area contributed by atoms with Gasteiger partial charge in [0, 0.05) is 67.9 Å². The van der Waals surface area contributed by atoms with Crippen molar-refractivity contribution in [2.75, 3.05) is 24.5 Å². The minimum absolute atomic E-state index is 0.0584. The zero-order valence-corrected chi connectivity index (χ0v) is 44.0. The third-order valence-corrected chi connectivity index (χ3v) is 13.5. The Kier molecular flexibility index (Phi) is 23.0. The predicted molar refractivity (Wildman–Crippen MR) is 286 cm³/mol. The van der Waals surface area contributed by atoms with E-state index in [4.69, 9.17) is 22.5 Å². The van der Waals surface area contributed by atoms with E-state index in [0.29, 0.717) is 32.2 Å².